The predicted octanol–water partition coefficient (Wildman–Crippen LogP) is 1.80. The quantitative estimate of drug-likeness (QED) is 0.851. The molecule has 1 aromatic carbocycles. The molecule has 0 saturated carbocycles. The Balaban J connectivity index is 1.56. The highest BCUT2D eigenvalue weighted by molar-refractivity contribution is 6.33. The number of benzene rings is 1. The summed E-state index contributed by atoms with van der Waals surface area (Å²) in [7, 11) is 0. The van der Waals surface area contributed by atoms with Crippen molar-refractivity contribution >= 4 is 28.9 Å². The summed E-state index contributed by atoms with van der Waals surface area (Å²) in [4.78, 5) is 28.1. The Morgan fingerprint density at radius 2 is 1.88 bits per heavy atom. The Hall–Kier alpha value is -2.38. The van der Waals surface area contributed by atoms with Crippen LogP contribution in [0.5, 0.6) is 0 Å². The number of halogens is 1. The number of aromatic nitrogens is 2. The van der Waals surface area contributed by atoms with Gasteiger partial charge in [0, 0.05) is 31.9 Å². The van der Waals surface area contributed by atoms with Crippen LogP contribution in [-0.2, 0) is 4.79 Å². The van der Waals surface area contributed by atoms with Crippen LogP contribution >= 0.6 is 11.6 Å². The number of rotatable bonds is 4. The molecule has 2 N–H and O–H groups in total. The second-order valence-electron chi connectivity index (χ2n) is 6.48. The number of anilines is 2. The number of para-hydroxylation sites is 1. The van der Waals surface area contributed by atoms with Crippen LogP contribution in [0.4, 0.5) is 11.4 Å². The van der Waals surface area contributed by atoms with Crippen LogP contribution in [-0.4, -0.2) is 53.7 Å². The minimum Gasteiger partial charge on any atom is -0.366 e. The van der Waals surface area contributed by atoms with Crippen molar-refractivity contribution in [2.75, 3.05) is 42.9 Å². The Bertz CT molecular complexity index is 839. The van der Waals surface area contributed by atoms with Gasteiger partial charge < -0.3 is 10.2 Å². The van der Waals surface area contributed by atoms with Crippen molar-refractivity contribution in [3.63, 3.8) is 0 Å². The molecule has 3 rings (SSSR count). The van der Waals surface area contributed by atoms with E-state index >= 15 is 0 Å². The van der Waals surface area contributed by atoms with Gasteiger partial charge in [-0.05, 0) is 25.0 Å². The van der Waals surface area contributed by atoms with Gasteiger partial charge >= 0.3 is 0 Å². The molecule has 0 radical (unpaired) electrons. The molecule has 0 unspecified atom stereocenters. The number of nitrogens with one attached hydrogen (secondary N) is 2. The first-order valence-corrected chi connectivity index (χ1v) is 8.90. The summed E-state index contributed by atoms with van der Waals surface area (Å²) in [6, 6.07) is 5.95. The fourth-order valence-corrected chi connectivity index (χ4v) is 3.35. The van der Waals surface area contributed by atoms with E-state index in [1.165, 1.54) is 0 Å². The molecule has 0 aliphatic carbocycles. The summed E-state index contributed by atoms with van der Waals surface area (Å²) in [6.45, 7) is 7.10. The fraction of sp³-hybridized carbons (Fsp3) is 0.389. The van der Waals surface area contributed by atoms with Crippen molar-refractivity contribution in [3.8, 4) is 0 Å². The molecular formula is C18H22ClN5O2. The van der Waals surface area contributed by atoms with E-state index in [1.54, 1.807) is 6.20 Å². The van der Waals surface area contributed by atoms with Crippen LogP contribution in [0.2, 0.25) is 5.02 Å². The van der Waals surface area contributed by atoms with Crippen molar-refractivity contribution < 1.29 is 4.79 Å². The molecule has 7 nitrogen and oxygen atoms in total. The van der Waals surface area contributed by atoms with Gasteiger partial charge in [0.25, 0.3) is 5.56 Å². The molecule has 1 amide bonds. The van der Waals surface area contributed by atoms with Crippen molar-refractivity contribution in [1.82, 2.24) is 15.1 Å². The third-order valence-corrected chi connectivity index (χ3v) is 4.97. The van der Waals surface area contributed by atoms with E-state index < -0.39 is 0 Å². The molecule has 2 aromatic rings. The van der Waals surface area contributed by atoms with Crippen molar-refractivity contribution in [3.05, 3.63) is 50.9 Å². The molecule has 1 fully saturated rings. The summed E-state index contributed by atoms with van der Waals surface area (Å²) >= 11 is 6.06. The number of nitrogens with zero attached hydrogens (tertiary/aromatic N) is 3. The summed E-state index contributed by atoms with van der Waals surface area (Å²) < 4.78 is 0. The number of hydrogen-bond donors (Lipinski definition) is 2. The minimum absolute atomic E-state index is 0.0216. The second kappa shape index (κ2) is 7.88. The summed E-state index contributed by atoms with van der Waals surface area (Å²) in [5.74, 6) is -0.0216. The maximum absolute atomic E-state index is 12.4. The molecule has 8 heteroatoms. The number of carbonyl (C=O) groups excluding carboxylic acids is 1. The van der Waals surface area contributed by atoms with Gasteiger partial charge in [0.05, 0.1) is 18.4 Å². The molecule has 26 heavy (non-hydrogen) atoms. The summed E-state index contributed by atoms with van der Waals surface area (Å²) in [5.41, 5.74) is 3.24. The lowest BCUT2D eigenvalue weighted by atomic mass is 10.1. The van der Waals surface area contributed by atoms with Crippen molar-refractivity contribution in [2.45, 2.75) is 13.8 Å². The molecule has 0 spiro atoms. The van der Waals surface area contributed by atoms with Gasteiger partial charge in [-0.2, -0.15) is 5.10 Å². The van der Waals surface area contributed by atoms with Crippen LogP contribution in [0.1, 0.15) is 11.1 Å². The zero-order chi connectivity index (χ0) is 18.7. The largest absolute Gasteiger partial charge is 0.366 e. The Morgan fingerprint density at radius 1 is 1.23 bits per heavy atom. The number of hydrogen-bond acceptors (Lipinski definition) is 5. The molecule has 0 bridgehead atoms. The maximum atomic E-state index is 12.4. The average Bonchev–Trinajstić information content (AvgIpc) is 2.61. The van der Waals surface area contributed by atoms with Gasteiger partial charge in [0.1, 0.15) is 5.02 Å². The molecule has 1 aliphatic heterocycles. The fourth-order valence-electron chi connectivity index (χ4n) is 3.14. The van der Waals surface area contributed by atoms with Gasteiger partial charge in [0.2, 0.25) is 5.91 Å². The molecule has 1 aliphatic rings. The van der Waals surface area contributed by atoms with Crippen molar-refractivity contribution in [2.24, 2.45) is 0 Å². The van der Waals surface area contributed by atoms with Gasteiger partial charge in [0.15, 0.2) is 0 Å². The molecule has 1 saturated heterocycles. The highest BCUT2D eigenvalue weighted by Gasteiger charge is 2.22. The monoisotopic (exact) mass is 375 g/mol. The van der Waals surface area contributed by atoms with E-state index in [4.69, 9.17) is 11.6 Å². The smallest absolute Gasteiger partial charge is 0.285 e. The van der Waals surface area contributed by atoms with Crippen LogP contribution in [0.15, 0.2) is 29.2 Å². The van der Waals surface area contributed by atoms with Crippen molar-refractivity contribution in [1.29, 1.82) is 0 Å². The van der Waals surface area contributed by atoms with E-state index in [0.717, 1.165) is 16.8 Å². The SMILES string of the molecule is Cc1cccc(C)c1NC(=O)CN1CCN(c2cn[nH]c(=O)c2Cl)CC1. The molecule has 138 valence electrons. The average molecular weight is 376 g/mol. The third-order valence-electron chi connectivity index (χ3n) is 4.60. The highest BCUT2D eigenvalue weighted by Crippen LogP contribution is 2.22. The van der Waals surface area contributed by atoms with E-state index in [9.17, 15) is 9.59 Å². The number of amides is 1. The standard InChI is InChI=1S/C18H22ClN5O2/c1-12-4-3-5-13(2)17(12)21-15(25)11-23-6-8-24(9-7-23)14-10-20-22-18(26)16(14)19/h3-5,10H,6-9,11H2,1-2H3,(H,21,25)(H,22,26). The van der Waals surface area contributed by atoms with Gasteiger partial charge in [-0.15, -0.1) is 0 Å². The molecule has 0 atom stereocenters. The third kappa shape index (κ3) is 4.05. The predicted molar refractivity (Wildman–Crippen MR) is 103 cm³/mol. The first-order chi connectivity index (χ1) is 12.5. The number of aryl methyl sites for hydroxylation is 2. The van der Waals surface area contributed by atoms with E-state index in [2.05, 4.69) is 20.4 Å². The number of aromatic amines is 1. The van der Waals surface area contributed by atoms with E-state index in [0.29, 0.717) is 38.4 Å². The van der Waals surface area contributed by atoms with Crippen LogP contribution in [0.3, 0.4) is 0 Å². The zero-order valence-corrected chi connectivity index (χ0v) is 15.6. The van der Waals surface area contributed by atoms with Crippen LogP contribution in [0, 0.1) is 13.8 Å². The number of carbonyl (C=O) groups is 1. The lowest BCUT2D eigenvalue weighted by molar-refractivity contribution is -0.117. The summed E-state index contributed by atoms with van der Waals surface area (Å²) in [6.07, 6.45) is 1.56. The lowest BCUT2D eigenvalue weighted by Gasteiger charge is -2.35. The molecule has 1 aromatic heterocycles. The van der Waals surface area contributed by atoms with Crippen LogP contribution in [0.25, 0.3) is 0 Å². The minimum atomic E-state index is -0.389. The number of H-pyrrole nitrogens is 1. The van der Waals surface area contributed by atoms with Crippen LogP contribution < -0.4 is 15.8 Å². The normalized spacial score (nSPS) is 15.1. The maximum Gasteiger partial charge on any atom is 0.285 e. The van der Waals surface area contributed by atoms with Gasteiger partial charge in [-0.1, -0.05) is 29.8 Å². The first-order valence-electron chi connectivity index (χ1n) is 8.52. The molecule has 2 heterocycles. The summed E-state index contributed by atoms with van der Waals surface area (Å²) in [5, 5.41) is 9.30. The Labute approximate surface area is 157 Å². The Morgan fingerprint density at radius 3 is 2.54 bits per heavy atom. The zero-order valence-electron chi connectivity index (χ0n) is 14.9. The first kappa shape index (κ1) is 18.4. The van der Waals surface area contributed by atoms with E-state index in [1.807, 2.05) is 36.9 Å². The Kier molecular flexibility index (Phi) is 5.58. The van der Waals surface area contributed by atoms with Gasteiger partial charge in [-0.25, -0.2) is 5.10 Å². The second-order valence-corrected chi connectivity index (χ2v) is 6.85. The topological polar surface area (TPSA) is 81.3 Å². The lowest BCUT2D eigenvalue weighted by Crippen LogP contribution is -2.49. The van der Waals surface area contributed by atoms with Gasteiger partial charge in [-0.3, -0.25) is 14.5 Å². The number of piperazine rings is 1. The highest BCUT2D eigenvalue weighted by atomic mass is 35.5. The molecular weight excluding hydrogens is 354 g/mol. The van der Waals surface area contributed by atoms with E-state index in [-0.39, 0.29) is 16.5 Å².